The summed E-state index contributed by atoms with van der Waals surface area (Å²) in [6, 6.07) is 0. The summed E-state index contributed by atoms with van der Waals surface area (Å²) in [4.78, 5) is 13.1. The van der Waals surface area contributed by atoms with E-state index in [0.29, 0.717) is 12.3 Å². The Labute approximate surface area is 91.9 Å². The lowest BCUT2D eigenvalue weighted by Crippen LogP contribution is -2.40. The smallest absolute Gasteiger partial charge is 0.222 e. The van der Waals surface area contributed by atoms with Crippen molar-refractivity contribution in [2.24, 2.45) is 5.92 Å². The summed E-state index contributed by atoms with van der Waals surface area (Å²) in [6.07, 6.45) is 4.37. The summed E-state index contributed by atoms with van der Waals surface area (Å²) in [7, 11) is 0. The number of amides is 1. The molecule has 1 aliphatic heterocycles. The van der Waals surface area contributed by atoms with Gasteiger partial charge in [0.15, 0.2) is 0 Å². The third-order valence-corrected chi connectivity index (χ3v) is 2.43. The average Bonchev–Trinajstić information content (AvgIpc) is 2.30. The molecule has 84 valence electrons. The van der Waals surface area contributed by atoms with Crippen LogP contribution >= 0.6 is 12.6 Å². The lowest BCUT2D eigenvalue weighted by Gasteiger charge is -2.31. The molecule has 1 rings (SSSR count). The van der Waals surface area contributed by atoms with E-state index >= 15 is 0 Å². The molecule has 0 bridgehead atoms. The van der Waals surface area contributed by atoms with E-state index in [4.69, 9.17) is 5.11 Å². The molecule has 1 fully saturated rings. The molecule has 0 aromatic carbocycles. The second-order valence-electron chi connectivity index (χ2n) is 3.38. The van der Waals surface area contributed by atoms with Crippen molar-refractivity contribution in [2.75, 3.05) is 26.0 Å². The Bertz CT molecular complexity index is 164. The van der Waals surface area contributed by atoms with Crippen LogP contribution in [0.5, 0.6) is 0 Å². The molecule has 1 saturated heterocycles. The van der Waals surface area contributed by atoms with Crippen molar-refractivity contribution >= 4 is 18.5 Å². The van der Waals surface area contributed by atoms with Crippen molar-refractivity contribution in [1.29, 1.82) is 0 Å². The molecule has 0 radical (unpaired) electrons. The van der Waals surface area contributed by atoms with Crippen LogP contribution in [0.2, 0.25) is 0 Å². The fourth-order valence-electron chi connectivity index (χ4n) is 1.66. The minimum absolute atomic E-state index is 0.216. The van der Waals surface area contributed by atoms with Gasteiger partial charge in [0.1, 0.15) is 0 Å². The first-order valence-corrected chi connectivity index (χ1v) is 6.00. The number of aliphatic hydroxyl groups excluding tert-OH is 1. The molecular formula is C10H21NO2S. The number of aliphatic hydroxyl groups is 1. The molecule has 14 heavy (non-hydrogen) atoms. The summed E-state index contributed by atoms with van der Waals surface area (Å²) in [5.41, 5.74) is 0. The number of rotatable bonds is 2. The van der Waals surface area contributed by atoms with Crippen molar-refractivity contribution < 1.29 is 9.90 Å². The van der Waals surface area contributed by atoms with Gasteiger partial charge >= 0.3 is 0 Å². The van der Waals surface area contributed by atoms with Crippen LogP contribution in [0, 0.1) is 5.92 Å². The second-order valence-corrected chi connectivity index (χ2v) is 3.38. The van der Waals surface area contributed by atoms with Crippen molar-refractivity contribution in [3.8, 4) is 0 Å². The Morgan fingerprint density at radius 1 is 1.57 bits per heavy atom. The fourth-order valence-corrected chi connectivity index (χ4v) is 1.66. The highest BCUT2D eigenvalue weighted by Gasteiger charge is 2.21. The molecule has 1 aliphatic rings. The summed E-state index contributed by atoms with van der Waals surface area (Å²) in [5.74, 6) is 0.530. The van der Waals surface area contributed by atoms with E-state index in [1.54, 1.807) is 6.26 Å². The van der Waals surface area contributed by atoms with Crippen LogP contribution < -0.4 is 0 Å². The van der Waals surface area contributed by atoms with Crippen LogP contribution in [0.1, 0.15) is 26.2 Å². The van der Waals surface area contributed by atoms with E-state index in [-0.39, 0.29) is 12.5 Å². The van der Waals surface area contributed by atoms with Crippen molar-refractivity contribution in [2.45, 2.75) is 26.2 Å². The molecule has 1 unspecified atom stereocenters. The SMILES string of the molecule is CCC(=O)N1CCCC(CO)C1.CS. The molecule has 1 N–H and O–H groups in total. The van der Waals surface area contributed by atoms with Gasteiger partial charge in [0.05, 0.1) is 0 Å². The van der Waals surface area contributed by atoms with E-state index in [9.17, 15) is 4.79 Å². The maximum atomic E-state index is 11.3. The van der Waals surface area contributed by atoms with Gasteiger partial charge in [0.2, 0.25) is 5.91 Å². The quantitative estimate of drug-likeness (QED) is 0.685. The van der Waals surface area contributed by atoms with Crippen molar-refractivity contribution in [3.63, 3.8) is 0 Å². The van der Waals surface area contributed by atoms with Gasteiger partial charge in [0.25, 0.3) is 0 Å². The normalized spacial score (nSPS) is 21.1. The highest BCUT2D eigenvalue weighted by atomic mass is 32.1. The Balaban J connectivity index is 0.000000791. The van der Waals surface area contributed by atoms with E-state index < -0.39 is 0 Å². The minimum Gasteiger partial charge on any atom is -0.396 e. The standard InChI is InChI=1S/C9H17NO2.CH4S/c1-2-9(12)10-5-3-4-8(6-10)7-11;1-2/h8,11H,2-7H2,1H3;2H,1H3. The second kappa shape index (κ2) is 8.12. The van der Waals surface area contributed by atoms with Crippen LogP contribution in [-0.4, -0.2) is 41.9 Å². The first-order chi connectivity index (χ1) is 6.77. The molecule has 0 saturated carbocycles. The lowest BCUT2D eigenvalue weighted by atomic mass is 9.99. The third-order valence-electron chi connectivity index (χ3n) is 2.43. The summed E-state index contributed by atoms with van der Waals surface area (Å²) in [5, 5.41) is 8.93. The zero-order chi connectivity index (χ0) is 11.0. The Morgan fingerprint density at radius 3 is 2.71 bits per heavy atom. The number of hydrogen-bond donors (Lipinski definition) is 2. The molecule has 4 heteroatoms. The summed E-state index contributed by atoms with van der Waals surface area (Å²) in [6.45, 7) is 3.73. The number of nitrogens with zero attached hydrogens (tertiary/aromatic N) is 1. The largest absolute Gasteiger partial charge is 0.396 e. The lowest BCUT2D eigenvalue weighted by molar-refractivity contribution is -0.132. The van der Waals surface area contributed by atoms with E-state index in [0.717, 1.165) is 25.9 Å². The first kappa shape index (κ1) is 13.8. The highest BCUT2D eigenvalue weighted by Crippen LogP contribution is 2.16. The molecule has 1 heterocycles. The summed E-state index contributed by atoms with van der Waals surface area (Å²) >= 11 is 3.53. The van der Waals surface area contributed by atoms with Gasteiger partial charge in [0, 0.05) is 26.1 Å². The monoisotopic (exact) mass is 219 g/mol. The molecule has 0 aliphatic carbocycles. The zero-order valence-corrected chi connectivity index (χ0v) is 9.96. The Kier molecular flexibility index (Phi) is 7.99. The number of likely N-dealkylation sites (tertiary alicyclic amines) is 1. The Morgan fingerprint density at radius 2 is 2.21 bits per heavy atom. The number of carbonyl (C=O) groups is 1. The van der Waals surface area contributed by atoms with Gasteiger partial charge in [-0.1, -0.05) is 6.92 Å². The van der Waals surface area contributed by atoms with E-state index in [1.807, 2.05) is 11.8 Å². The van der Waals surface area contributed by atoms with Gasteiger partial charge in [-0.15, -0.1) is 0 Å². The van der Waals surface area contributed by atoms with Crippen molar-refractivity contribution in [1.82, 2.24) is 4.90 Å². The van der Waals surface area contributed by atoms with Crippen LogP contribution in [0.3, 0.4) is 0 Å². The van der Waals surface area contributed by atoms with Gasteiger partial charge in [-0.25, -0.2) is 0 Å². The topological polar surface area (TPSA) is 40.5 Å². The zero-order valence-electron chi connectivity index (χ0n) is 9.07. The highest BCUT2D eigenvalue weighted by molar-refractivity contribution is 7.79. The number of carbonyl (C=O) groups excluding carboxylic acids is 1. The average molecular weight is 219 g/mol. The molecule has 0 spiro atoms. The van der Waals surface area contributed by atoms with Crippen LogP contribution in [-0.2, 0) is 4.79 Å². The van der Waals surface area contributed by atoms with Crippen LogP contribution in [0.25, 0.3) is 0 Å². The molecule has 3 nitrogen and oxygen atoms in total. The van der Waals surface area contributed by atoms with Gasteiger partial charge in [-0.05, 0) is 25.0 Å². The molecule has 0 aromatic heterocycles. The van der Waals surface area contributed by atoms with Gasteiger partial charge < -0.3 is 10.0 Å². The molecule has 1 amide bonds. The number of piperidine rings is 1. The summed E-state index contributed by atoms with van der Waals surface area (Å²) < 4.78 is 0. The van der Waals surface area contributed by atoms with Crippen LogP contribution in [0.4, 0.5) is 0 Å². The van der Waals surface area contributed by atoms with Crippen molar-refractivity contribution in [3.05, 3.63) is 0 Å². The minimum atomic E-state index is 0.216. The molecular weight excluding hydrogens is 198 g/mol. The third kappa shape index (κ3) is 4.33. The fraction of sp³-hybridized carbons (Fsp3) is 0.900. The first-order valence-electron chi connectivity index (χ1n) is 5.11. The van der Waals surface area contributed by atoms with E-state index in [2.05, 4.69) is 12.6 Å². The predicted octanol–water partition coefficient (Wildman–Crippen LogP) is 1.17. The van der Waals surface area contributed by atoms with Gasteiger partial charge in [-0.2, -0.15) is 12.6 Å². The maximum Gasteiger partial charge on any atom is 0.222 e. The van der Waals surface area contributed by atoms with Crippen LogP contribution in [0.15, 0.2) is 0 Å². The number of hydrogen-bond acceptors (Lipinski definition) is 3. The molecule has 0 aromatic rings. The Hall–Kier alpha value is -0.220. The van der Waals surface area contributed by atoms with E-state index in [1.165, 1.54) is 0 Å². The maximum absolute atomic E-state index is 11.3. The molecule has 1 atom stereocenters. The van der Waals surface area contributed by atoms with Gasteiger partial charge in [-0.3, -0.25) is 4.79 Å². The number of thiol groups is 1. The predicted molar refractivity (Wildman–Crippen MR) is 61.6 cm³/mol.